The summed E-state index contributed by atoms with van der Waals surface area (Å²) in [6, 6.07) is 2.44. The number of rotatable bonds is 7. The van der Waals surface area contributed by atoms with E-state index in [1.165, 1.54) is 13.0 Å². The molecular formula is C21H28F6S. The topological polar surface area (TPSA) is 0 Å². The van der Waals surface area contributed by atoms with Crippen molar-refractivity contribution in [1.82, 2.24) is 0 Å². The lowest BCUT2D eigenvalue weighted by Crippen LogP contribution is -2.52. The normalized spacial score (nSPS) is 16.6. The van der Waals surface area contributed by atoms with Gasteiger partial charge in [-0.05, 0) is 55.9 Å². The maximum atomic E-state index is 13.5. The van der Waals surface area contributed by atoms with Gasteiger partial charge in [-0.25, -0.2) is 0 Å². The van der Waals surface area contributed by atoms with Gasteiger partial charge in [0.15, 0.2) is 5.41 Å². The maximum Gasteiger partial charge on any atom is 0.406 e. The zero-order valence-corrected chi connectivity index (χ0v) is 17.9. The Morgan fingerprint density at radius 1 is 1.00 bits per heavy atom. The van der Waals surface area contributed by atoms with Crippen LogP contribution in [0.4, 0.5) is 26.3 Å². The first-order chi connectivity index (χ1) is 12.6. The highest BCUT2D eigenvalue weighted by atomic mass is 32.2. The lowest BCUT2D eigenvalue weighted by atomic mass is 9.76. The Bertz CT molecular complexity index is 675. The van der Waals surface area contributed by atoms with Gasteiger partial charge in [0.2, 0.25) is 0 Å². The molecule has 0 amide bonds. The summed E-state index contributed by atoms with van der Waals surface area (Å²) >= 11 is 1.62. The highest BCUT2D eigenvalue weighted by Crippen LogP contribution is 2.53. The molecule has 3 atom stereocenters. The summed E-state index contributed by atoms with van der Waals surface area (Å²) in [7, 11) is 0. The average molecular weight is 427 g/mol. The monoisotopic (exact) mass is 426 g/mol. The maximum absolute atomic E-state index is 13.5. The summed E-state index contributed by atoms with van der Waals surface area (Å²) in [4.78, 5) is 0. The molecule has 0 aliphatic carbocycles. The number of hydrogen-bond acceptors (Lipinski definition) is 1. The fourth-order valence-electron chi connectivity index (χ4n) is 3.17. The third kappa shape index (κ3) is 4.55. The van der Waals surface area contributed by atoms with Crippen LogP contribution in [0.25, 0.3) is 0 Å². The second-order valence-electron chi connectivity index (χ2n) is 7.46. The molecule has 3 unspecified atom stereocenters. The molecule has 0 bridgehead atoms. The van der Waals surface area contributed by atoms with Gasteiger partial charge in [-0.15, -0.1) is 18.3 Å². The summed E-state index contributed by atoms with van der Waals surface area (Å²) < 4.78 is 81.1. The van der Waals surface area contributed by atoms with Crippen LogP contribution in [0.5, 0.6) is 0 Å². The van der Waals surface area contributed by atoms with E-state index in [1.807, 2.05) is 20.8 Å². The summed E-state index contributed by atoms with van der Waals surface area (Å²) in [6.07, 6.45) is -8.29. The summed E-state index contributed by atoms with van der Waals surface area (Å²) in [6.45, 7) is 12.9. The highest BCUT2D eigenvalue weighted by Gasteiger charge is 2.68. The van der Waals surface area contributed by atoms with Gasteiger partial charge in [0.1, 0.15) is 0 Å². The van der Waals surface area contributed by atoms with E-state index in [0.717, 1.165) is 18.1 Å². The molecular weight excluding hydrogens is 398 g/mol. The minimum atomic E-state index is -5.45. The van der Waals surface area contributed by atoms with Crippen LogP contribution >= 0.6 is 11.8 Å². The van der Waals surface area contributed by atoms with Crippen molar-refractivity contribution in [3.05, 3.63) is 47.0 Å². The zero-order valence-electron chi connectivity index (χ0n) is 17.1. The Kier molecular flexibility index (Phi) is 7.76. The SMILES string of the molecule is C=CC(C)SC(c1ccc(C(C)(C(F)(F)F)C(F)(F)F)c(C)c1C)C(C)CC. The second kappa shape index (κ2) is 8.72. The standard InChI is InChI=1S/C21H28F6S/c1-8-12(3)18(28-13(4)9-2)16-10-11-17(15(6)14(16)5)19(7,20(22,23)24)21(25,26)27/h9-13,18H,2,8H2,1,3-7H3. The third-order valence-electron chi connectivity index (χ3n) is 5.66. The van der Waals surface area contributed by atoms with Crippen molar-refractivity contribution in [2.75, 3.05) is 0 Å². The van der Waals surface area contributed by atoms with Gasteiger partial charge in [-0.2, -0.15) is 26.3 Å². The molecule has 0 saturated carbocycles. The Morgan fingerprint density at radius 3 is 1.89 bits per heavy atom. The molecule has 0 heterocycles. The molecule has 0 spiro atoms. The molecule has 160 valence electrons. The van der Waals surface area contributed by atoms with Crippen LogP contribution in [0.2, 0.25) is 0 Å². The first-order valence-electron chi connectivity index (χ1n) is 9.15. The molecule has 7 heteroatoms. The number of halogens is 6. The van der Waals surface area contributed by atoms with Crippen molar-refractivity contribution in [2.45, 2.75) is 76.2 Å². The Morgan fingerprint density at radius 2 is 1.50 bits per heavy atom. The summed E-state index contributed by atoms with van der Waals surface area (Å²) in [5.41, 5.74) is -3.36. The lowest BCUT2D eigenvalue weighted by Gasteiger charge is -2.36. The van der Waals surface area contributed by atoms with Crippen molar-refractivity contribution in [2.24, 2.45) is 5.92 Å². The fourth-order valence-corrected chi connectivity index (χ4v) is 4.61. The van der Waals surface area contributed by atoms with E-state index in [0.29, 0.717) is 5.56 Å². The molecule has 0 nitrogen and oxygen atoms in total. The van der Waals surface area contributed by atoms with Crippen molar-refractivity contribution in [1.29, 1.82) is 0 Å². The minimum absolute atomic E-state index is 0.0369. The van der Waals surface area contributed by atoms with Gasteiger partial charge in [0, 0.05) is 10.5 Å². The van der Waals surface area contributed by atoms with Crippen LogP contribution in [0.1, 0.15) is 61.6 Å². The first kappa shape index (κ1) is 24.9. The molecule has 1 aromatic carbocycles. The Balaban J connectivity index is 3.65. The predicted molar refractivity (Wildman–Crippen MR) is 105 cm³/mol. The van der Waals surface area contributed by atoms with Gasteiger partial charge in [0.25, 0.3) is 0 Å². The van der Waals surface area contributed by atoms with Crippen molar-refractivity contribution >= 4 is 11.8 Å². The number of hydrogen-bond donors (Lipinski definition) is 0. The van der Waals surface area contributed by atoms with E-state index in [1.54, 1.807) is 24.8 Å². The molecule has 28 heavy (non-hydrogen) atoms. The van der Waals surface area contributed by atoms with E-state index in [4.69, 9.17) is 0 Å². The zero-order chi connectivity index (χ0) is 22.1. The molecule has 0 N–H and O–H groups in total. The van der Waals surface area contributed by atoms with E-state index < -0.39 is 23.3 Å². The number of benzene rings is 1. The van der Waals surface area contributed by atoms with E-state index >= 15 is 0 Å². The Hall–Kier alpha value is -1.11. The van der Waals surface area contributed by atoms with E-state index in [9.17, 15) is 26.3 Å². The summed E-state index contributed by atoms with van der Waals surface area (Å²) in [5, 5.41) is 0.0581. The van der Waals surface area contributed by atoms with Gasteiger partial charge in [-0.1, -0.05) is 38.5 Å². The lowest BCUT2D eigenvalue weighted by molar-refractivity contribution is -0.297. The van der Waals surface area contributed by atoms with Gasteiger partial charge < -0.3 is 0 Å². The van der Waals surface area contributed by atoms with Crippen molar-refractivity contribution < 1.29 is 26.3 Å². The molecule has 1 rings (SSSR count). The largest absolute Gasteiger partial charge is 0.406 e. The number of thioether (sulfide) groups is 1. The molecule has 0 radical (unpaired) electrons. The third-order valence-corrected chi connectivity index (χ3v) is 7.30. The second-order valence-corrected chi connectivity index (χ2v) is 8.98. The van der Waals surface area contributed by atoms with Crippen molar-refractivity contribution in [3.63, 3.8) is 0 Å². The molecule has 1 aromatic rings. The van der Waals surface area contributed by atoms with Crippen LogP contribution < -0.4 is 0 Å². The van der Waals surface area contributed by atoms with Crippen molar-refractivity contribution in [3.8, 4) is 0 Å². The molecule has 0 fully saturated rings. The van der Waals surface area contributed by atoms with Crippen LogP contribution in [0.15, 0.2) is 24.8 Å². The number of alkyl halides is 6. The Labute approximate surface area is 167 Å². The van der Waals surface area contributed by atoms with Gasteiger partial charge in [0.05, 0.1) is 0 Å². The van der Waals surface area contributed by atoms with Crippen LogP contribution in [0, 0.1) is 19.8 Å². The highest BCUT2D eigenvalue weighted by molar-refractivity contribution is 8.00. The average Bonchev–Trinajstić information content (AvgIpc) is 2.58. The molecule has 0 aromatic heterocycles. The van der Waals surface area contributed by atoms with Crippen LogP contribution in [0.3, 0.4) is 0 Å². The fraction of sp³-hybridized carbons (Fsp3) is 0.619. The summed E-state index contributed by atoms with van der Waals surface area (Å²) in [5.74, 6) is 0.202. The molecule has 0 aliphatic rings. The van der Waals surface area contributed by atoms with Crippen LogP contribution in [-0.4, -0.2) is 17.6 Å². The first-order valence-corrected chi connectivity index (χ1v) is 10.1. The van der Waals surface area contributed by atoms with E-state index in [2.05, 4.69) is 6.58 Å². The predicted octanol–water partition coefficient (Wildman–Crippen LogP) is 8.08. The van der Waals surface area contributed by atoms with E-state index in [-0.39, 0.29) is 28.9 Å². The van der Waals surface area contributed by atoms with Crippen LogP contribution in [-0.2, 0) is 5.41 Å². The molecule has 0 saturated heterocycles. The minimum Gasteiger partial charge on any atom is -0.170 e. The smallest absolute Gasteiger partial charge is 0.170 e. The van der Waals surface area contributed by atoms with Gasteiger partial charge >= 0.3 is 12.4 Å². The van der Waals surface area contributed by atoms with Gasteiger partial charge in [-0.3, -0.25) is 0 Å². The quantitative estimate of drug-likeness (QED) is 0.314. The molecule has 0 aliphatic heterocycles.